The largest absolute Gasteiger partial charge is 0.491 e. The van der Waals surface area contributed by atoms with E-state index in [-0.39, 0.29) is 6.04 Å². The molecule has 0 amide bonds. The minimum atomic E-state index is -0.883. The van der Waals surface area contributed by atoms with Crippen LogP contribution in [-0.4, -0.2) is 35.3 Å². The number of aromatic carboxylic acids is 1. The molecule has 2 aromatic carbocycles. The number of carboxylic acid groups (broad SMARTS) is 1. The van der Waals surface area contributed by atoms with Crippen molar-refractivity contribution in [3.05, 3.63) is 53.6 Å². The van der Waals surface area contributed by atoms with Crippen molar-refractivity contribution >= 4 is 16.9 Å². The number of hydrogen-bond donors (Lipinski definition) is 2. The van der Waals surface area contributed by atoms with Crippen molar-refractivity contribution in [2.75, 3.05) is 13.7 Å². The summed E-state index contributed by atoms with van der Waals surface area (Å²) < 4.78 is 8.56. The Labute approximate surface area is 176 Å². The number of nitrogens with one attached hydrogen (secondary N) is 1. The maximum absolute atomic E-state index is 11.7. The number of carbonyl (C=O) groups is 1. The van der Waals surface area contributed by atoms with Gasteiger partial charge in [0.2, 0.25) is 0 Å². The first kappa shape index (κ1) is 19.2. The van der Waals surface area contributed by atoms with E-state index in [1.165, 1.54) is 48.7 Å². The summed E-state index contributed by atoms with van der Waals surface area (Å²) in [7, 11) is 1.96. The lowest BCUT2D eigenvalue weighted by atomic mass is 9.81. The SMILES string of the molecule is CNC1COc2ccccc2-c2c(C3CCCCC3)c3ccc(C(=O)O)cc3n2C1. The number of fused-ring (bicyclic) bond motifs is 5. The average Bonchev–Trinajstić information content (AvgIpc) is 3.08. The Hall–Kier alpha value is -2.79. The molecule has 0 saturated heterocycles. The molecule has 0 spiro atoms. The molecule has 1 saturated carbocycles. The number of ether oxygens (including phenoxy) is 1. The van der Waals surface area contributed by atoms with E-state index in [9.17, 15) is 9.90 Å². The summed E-state index contributed by atoms with van der Waals surface area (Å²) in [5, 5.41) is 14.2. The second kappa shape index (κ2) is 7.80. The van der Waals surface area contributed by atoms with Crippen LogP contribution in [0.1, 0.15) is 53.9 Å². The van der Waals surface area contributed by atoms with E-state index in [0.717, 1.165) is 23.4 Å². The summed E-state index contributed by atoms with van der Waals surface area (Å²) >= 11 is 0. The molecule has 1 aliphatic heterocycles. The molecule has 1 unspecified atom stereocenters. The molecule has 1 aliphatic carbocycles. The van der Waals surface area contributed by atoms with Gasteiger partial charge in [-0.05, 0) is 55.6 Å². The molecule has 30 heavy (non-hydrogen) atoms. The van der Waals surface area contributed by atoms with Crippen LogP contribution in [0, 0.1) is 0 Å². The van der Waals surface area contributed by atoms with Crippen LogP contribution >= 0.6 is 0 Å². The van der Waals surface area contributed by atoms with Crippen LogP contribution in [0.5, 0.6) is 5.75 Å². The summed E-state index contributed by atoms with van der Waals surface area (Å²) in [5.74, 6) is 0.511. The molecule has 5 rings (SSSR count). The third-order valence-corrected chi connectivity index (χ3v) is 6.76. The Morgan fingerprint density at radius 3 is 2.70 bits per heavy atom. The highest BCUT2D eigenvalue weighted by Crippen LogP contribution is 2.46. The van der Waals surface area contributed by atoms with E-state index in [2.05, 4.69) is 22.0 Å². The van der Waals surface area contributed by atoms with Crippen LogP contribution in [0.4, 0.5) is 0 Å². The monoisotopic (exact) mass is 404 g/mol. The molecule has 3 aromatic rings. The first-order valence-corrected chi connectivity index (χ1v) is 11.0. The zero-order chi connectivity index (χ0) is 20.7. The number of hydrogen-bond acceptors (Lipinski definition) is 3. The second-order valence-corrected chi connectivity index (χ2v) is 8.54. The van der Waals surface area contributed by atoms with Crippen molar-refractivity contribution in [1.29, 1.82) is 0 Å². The molecule has 1 aromatic heterocycles. The third kappa shape index (κ3) is 3.18. The zero-order valence-corrected chi connectivity index (χ0v) is 17.4. The number of benzene rings is 2. The van der Waals surface area contributed by atoms with Gasteiger partial charge in [-0.2, -0.15) is 0 Å². The Morgan fingerprint density at radius 2 is 1.93 bits per heavy atom. The van der Waals surface area contributed by atoms with Crippen molar-refractivity contribution in [3.8, 4) is 17.0 Å². The second-order valence-electron chi connectivity index (χ2n) is 8.54. The summed E-state index contributed by atoms with van der Waals surface area (Å²) in [5.41, 5.74) is 5.04. The number of rotatable bonds is 3. The highest BCUT2D eigenvalue weighted by molar-refractivity contribution is 5.98. The van der Waals surface area contributed by atoms with Gasteiger partial charge in [0.15, 0.2) is 0 Å². The number of carboxylic acids is 1. The van der Waals surface area contributed by atoms with Crippen molar-refractivity contribution in [1.82, 2.24) is 9.88 Å². The first-order valence-electron chi connectivity index (χ1n) is 11.0. The Bertz CT molecular complexity index is 1100. The van der Waals surface area contributed by atoms with Gasteiger partial charge in [0, 0.05) is 23.0 Å². The molecule has 5 nitrogen and oxygen atoms in total. The standard InChI is InChI=1S/C25H28N2O3/c1-26-18-14-27-21-13-17(25(28)29)11-12-19(21)23(16-7-3-2-4-8-16)24(27)20-9-5-6-10-22(20)30-15-18/h5-6,9-13,16,18,26H,2-4,7-8,14-15H2,1H3,(H,28,29). The predicted molar refractivity (Wildman–Crippen MR) is 119 cm³/mol. The molecule has 2 heterocycles. The number of aromatic nitrogens is 1. The normalized spacial score (nSPS) is 19.4. The lowest BCUT2D eigenvalue weighted by molar-refractivity contribution is 0.0697. The van der Waals surface area contributed by atoms with Crippen LogP contribution < -0.4 is 10.1 Å². The van der Waals surface area contributed by atoms with Crippen LogP contribution in [0.2, 0.25) is 0 Å². The van der Waals surface area contributed by atoms with Gasteiger partial charge >= 0.3 is 5.97 Å². The van der Waals surface area contributed by atoms with Gasteiger partial charge in [0.1, 0.15) is 12.4 Å². The van der Waals surface area contributed by atoms with Crippen LogP contribution in [0.15, 0.2) is 42.5 Å². The van der Waals surface area contributed by atoms with E-state index in [1.807, 2.05) is 31.3 Å². The molecular formula is C25H28N2O3. The minimum absolute atomic E-state index is 0.139. The fourth-order valence-electron chi connectivity index (χ4n) is 5.22. The number of nitrogens with zero attached hydrogens (tertiary/aromatic N) is 1. The van der Waals surface area contributed by atoms with E-state index in [1.54, 1.807) is 6.07 Å². The summed E-state index contributed by atoms with van der Waals surface area (Å²) in [6.45, 7) is 1.32. The highest BCUT2D eigenvalue weighted by atomic mass is 16.5. The molecule has 5 heteroatoms. The van der Waals surface area contributed by atoms with Gasteiger partial charge in [-0.3, -0.25) is 0 Å². The van der Waals surface area contributed by atoms with Crippen LogP contribution in [-0.2, 0) is 6.54 Å². The molecule has 1 atom stereocenters. The molecule has 2 N–H and O–H groups in total. The minimum Gasteiger partial charge on any atom is -0.491 e. The molecule has 1 fully saturated rings. The Morgan fingerprint density at radius 1 is 1.13 bits per heavy atom. The van der Waals surface area contributed by atoms with E-state index in [0.29, 0.717) is 18.1 Å². The molecule has 156 valence electrons. The van der Waals surface area contributed by atoms with E-state index in [4.69, 9.17) is 4.74 Å². The maximum Gasteiger partial charge on any atom is 0.335 e. The van der Waals surface area contributed by atoms with E-state index >= 15 is 0 Å². The van der Waals surface area contributed by atoms with Gasteiger partial charge in [0.25, 0.3) is 0 Å². The quantitative estimate of drug-likeness (QED) is 0.642. The van der Waals surface area contributed by atoms with Gasteiger partial charge in [-0.25, -0.2) is 4.79 Å². The van der Waals surface area contributed by atoms with Crippen molar-refractivity contribution < 1.29 is 14.6 Å². The Balaban J connectivity index is 1.84. The summed E-state index contributed by atoms with van der Waals surface area (Å²) in [6, 6.07) is 14.0. The molecule has 0 radical (unpaired) electrons. The van der Waals surface area contributed by atoms with Crippen molar-refractivity contribution in [2.24, 2.45) is 0 Å². The summed E-state index contributed by atoms with van der Waals surface area (Å²) in [4.78, 5) is 11.7. The van der Waals surface area contributed by atoms with Crippen molar-refractivity contribution in [3.63, 3.8) is 0 Å². The fraction of sp³-hybridized carbons (Fsp3) is 0.400. The lowest BCUT2D eigenvalue weighted by Gasteiger charge is -2.27. The first-order chi connectivity index (χ1) is 14.7. The average molecular weight is 405 g/mol. The van der Waals surface area contributed by atoms with Crippen molar-refractivity contribution in [2.45, 2.75) is 50.6 Å². The van der Waals surface area contributed by atoms with Gasteiger partial charge < -0.3 is 19.7 Å². The highest BCUT2D eigenvalue weighted by Gasteiger charge is 2.30. The molecule has 0 bridgehead atoms. The zero-order valence-electron chi connectivity index (χ0n) is 17.4. The smallest absolute Gasteiger partial charge is 0.335 e. The van der Waals surface area contributed by atoms with E-state index < -0.39 is 5.97 Å². The summed E-state index contributed by atoms with van der Waals surface area (Å²) in [6.07, 6.45) is 6.17. The number of likely N-dealkylation sites (N-methyl/N-ethyl adjacent to an activating group) is 1. The lowest BCUT2D eigenvalue weighted by Crippen LogP contribution is -2.37. The van der Waals surface area contributed by atoms with Gasteiger partial charge in [-0.15, -0.1) is 0 Å². The topological polar surface area (TPSA) is 63.5 Å². The fourth-order valence-corrected chi connectivity index (χ4v) is 5.22. The van der Waals surface area contributed by atoms with Crippen LogP contribution in [0.3, 0.4) is 0 Å². The maximum atomic E-state index is 11.7. The number of para-hydroxylation sites is 1. The third-order valence-electron chi connectivity index (χ3n) is 6.76. The molecule has 2 aliphatic rings. The van der Waals surface area contributed by atoms with Crippen LogP contribution in [0.25, 0.3) is 22.2 Å². The predicted octanol–water partition coefficient (Wildman–Crippen LogP) is 5.03. The Kier molecular flexibility index (Phi) is 4.99. The van der Waals surface area contributed by atoms with Gasteiger partial charge in [0.05, 0.1) is 17.3 Å². The molecular weight excluding hydrogens is 376 g/mol. The van der Waals surface area contributed by atoms with Gasteiger partial charge in [-0.1, -0.05) is 37.5 Å².